The van der Waals surface area contributed by atoms with Crippen molar-refractivity contribution in [2.45, 2.75) is 58.3 Å². The molecule has 2 rings (SSSR count). The first-order chi connectivity index (χ1) is 9.22. The summed E-state index contributed by atoms with van der Waals surface area (Å²) in [6.07, 6.45) is 0.387. The van der Waals surface area contributed by atoms with Gasteiger partial charge < -0.3 is 14.7 Å². The highest BCUT2D eigenvalue weighted by molar-refractivity contribution is 5.49. The minimum Gasteiger partial charge on any atom is -0.388 e. The van der Waals surface area contributed by atoms with E-state index in [1.165, 1.54) is 5.69 Å². The maximum Gasteiger partial charge on any atom is 0.0808 e. The standard InChI is InChI=1S/C17H27NO2/c1-6-15(19)13-7-9-14(10-8-13)18-11-16(2,3)20-17(4,5)12-18/h7-10,15,19H,6,11-12H2,1-5H3. The molecule has 0 bridgehead atoms. The Labute approximate surface area is 122 Å². The molecule has 1 aromatic rings. The Bertz CT molecular complexity index is 435. The SMILES string of the molecule is CCC(O)c1ccc(N2CC(C)(C)OC(C)(C)C2)cc1. The molecular weight excluding hydrogens is 250 g/mol. The van der Waals surface area contributed by atoms with Crippen molar-refractivity contribution in [3.05, 3.63) is 29.8 Å². The average molecular weight is 277 g/mol. The van der Waals surface area contributed by atoms with Gasteiger partial charge in [0.15, 0.2) is 0 Å². The Morgan fingerprint density at radius 1 is 1.10 bits per heavy atom. The van der Waals surface area contributed by atoms with Crippen LogP contribution in [0.4, 0.5) is 5.69 Å². The van der Waals surface area contributed by atoms with Gasteiger partial charge in [-0.3, -0.25) is 0 Å². The van der Waals surface area contributed by atoms with Gasteiger partial charge >= 0.3 is 0 Å². The molecule has 1 fully saturated rings. The molecule has 3 nitrogen and oxygen atoms in total. The van der Waals surface area contributed by atoms with Gasteiger partial charge in [0.2, 0.25) is 0 Å². The van der Waals surface area contributed by atoms with Gasteiger partial charge in [0.1, 0.15) is 0 Å². The lowest BCUT2D eigenvalue weighted by atomic mass is 9.98. The summed E-state index contributed by atoms with van der Waals surface area (Å²) in [5, 5.41) is 9.86. The van der Waals surface area contributed by atoms with Crippen LogP contribution < -0.4 is 4.90 Å². The average Bonchev–Trinajstić information content (AvgIpc) is 2.34. The minimum absolute atomic E-state index is 0.149. The molecule has 0 aromatic heterocycles. The number of anilines is 1. The molecule has 20 heavy (non-hydrogen) atoms. The predicted octanol–water partition coefficient (Wildman–Crippen LogP) is 3.52. The predicted molar refractivity (Wildman–Crippen MR) is 83.1 cm³/mol. The van der Waals surface area contributed by atoms with Crippen molar-refractivity contribution in [2.24, 2.45) is 0 Å². The fourth-order valence-corrected chi connectivity index (χ4v) is 3.11. The lowest BCUT2D eigenvalue weighted by molar-refractivity contribution is -0.133. The molecule has 1 heterocycles. The molecule has 112 valence electrons. The third-order valence-corrected chi connectivity index (χ3v) is 3.73. The lowest BCUT2D eigenvalue weighted by Crippen LogP contribution is -2.57. The molecular formula is C17H27NO2. The van der Waals surface area contributed by atoms with Crippen LogP contribution in [-0.2, 0) is 4.74 Å². The molecule has 1 saturated heterocycles. The third-order valence-electron chi connectivity index (χ3n) is 3.73. The van der Waals surface area contributed by atoms with Gasteiger partial charge in [0.25, 0.3) is 0 Å². The molecule has 1 atom stereocenters. The number of hydrogen-bond donors (Lipinski definition) is 1. The monoisotopic (exact) mass is 277 g/mol. The fourth-order valence-electron chi connectivity index (χ4n) is 3.11. The Morgan fingerprint density at radius 3 is 2.05 bits per heavy atom. The molecule has 0 amide bonds. The summed E-state index contributed by atoms with van der Waals surface area (Å²) >= 11 is 0. The number of rotatable bonds is 3. The zero-order valence-corrected chi connectivity index (χ0v) is 13.3. The summed E-state index contributed by atoms with van der Waals surface area (Å²) in [6.45, 7) is 12.3. The van der Waals surface area contributed by atoms with E-state index in [9.17, 15) is 5.11 Å². The number of aliphatic hydroxyl groups is 1. The fraction of sp³-hybridized carbons (Fsp3) is 0.647. The summed E-state index contributed by atoms with van der Waals surface area (Å²) < 4.78 is 6.11. The summed E-state index contributed by atoms with van der Waals surface area (Å²) in [5.41, 5.74) is 1.89. The molecule has 1 aromatic carbocycles. The van der Waals surface area contributed by atoms with Crippen LogP contribution in [0, 0.1) is 0 Å². The van der Waals surface area contributed by atoms with Crippen molar-refractivity contribution in [3.63, 3.8) is 0 Å². The summed E-state index contributed by atoms with van der Waals surface area (Å²) in [7, 11) is 0. The van der Waals surface area contributed by atoms with Crippen LogP contribution >= 0.6 is 0 Å². The third kappa shape index (κ3) is 3.53. The Kier molecular flexibility index (Phi) is 4.12. The minimum atomic E-state index is -0.360. The number of benzene rings is 1. The lowest BCUT2D eigenvalue weighted by Gasteiger charge is -2.48. The van der Waals surface area contributed by atoms with Gasteiger partial charge in [0.05, 0.1) is 17.3 Å². The summed E-state index contributed by atoms with van der Waals surface area (Å²) in [5.74, 6) is 0. The van der Waals surface area contributed by atoms with Crippen molar-refractivity contribution >= 4 is 5.69 Å². The maximum atomic E-state index is 9.86. The van der Waals surface area contributed by atoms with E-state index in [-0.39, 0.29) is 17.3 Å². The molecule has 1 unspecified atom stereocenters. The molecule has 0 radical (unpaired) electrons. The molecule has 1 aliphatic heterocycles. The highest BCUT2D eigenvalue weighted by atomic mass is 16.5. The van der Waals surface area contributed by atoms with E-state index in [1.54, 1.807) is 0 Å². The highest BCUT2D eigenvalue weighted by Gasteiger charge is 2.38. The Balaban J connectivity index is 2.18. The van der Waals surface area contributed by atoms with Crippen molar-refractivity contribution in [1.29, 1.82) is 0 Å². The van der Waals surface area contributed by atoms with E-state index < -0.39 is 0 Å². The second-order valence-electron chi connectivity index (χ2n) is 6.99. The van der Waals surface area contributed by atoms with Gasteiger partial charge in [-0.05, 0) is 51.8 Å². The summed E-state index contributed by atoms with van der Waals surface area (Å²) in [6, 6.07) is 8.26. The maximum absolute atomic E-state index is 9.86. The van der Waals surface area contributed by atoms with Crippen LogP contribution in [0.2, 0.25) is 0 Å². The van der Waals surface area contributed by atoms with Gasteiger partial charge in [-0.2, -0.15) is 0 Å². The first kappa shape index (κ1) is 15.3. The zero-order valence-electron chi connectivity index (χ0n) is 13.3. The van der Waals surface area contributed by atoms with E-state index in [2.05, 4.69) is 44.7 Å². The topological polar surface area (TPSA) is 32.7 Å². The van der Waals surface area contributed by atoms with Gasteiger partial charge in [-0.25, -0.2) is 0 Å². The normalized spacial score (nSPS) is 22.6. The molecule has 0 saturated carbocycles. The van der Waals surface area contributed by atoms with Gasteiger partial charge in [0, 0.05) is 18.8 Å². The van der Waals surface area contributed by atoms with Crippen LogP contribution in [0.15, 0.2) is 24.3 Å². The van der Waals surface area contributed by atoms with Crippen LogP contribution in [-0.4, -0.2) is 29.4 Å². The first-order valence-electron chi connectivity index (χ1n) is 7.46. The van der Waals surface area contributed by atoms with Crippen LogP contribution in [0.5, 0.6) is 0 Å². The van der Waals surface area contributed by atoms with E-state index in [4.69, 9.17) is 4.74 Å². The second-order valence-corrected chi connectivity index (χ2v) is 6.99. The largest absolute Gasteiger partial charge is 0.388 e. The molecule has 1 aliphatic rings. The van der Waals surface area contributed by atoms with E-state index >= 15 is 0 Å². The van der Waals surface area contributed by atoms with Crippen molar-refractivity contribution in [3.8, 4) is 0 Å². The van der Waals surface area contributed by atoms with Crippen LogP contribution in [0.3, 0.4) is 0 Å². The van der Waals surface area contributed by atoms with E-state index in [1.807, 2.05) is 19.1 Å². The second kappa shape index (κ2) is 5.38. The molecule has 1 N–H and O–H groups in total. The number of morpholine rings is 1. The van der Waals surface area contributed by atoms with Crippen LogP contribution in [0.25, 0.3) is 0 Å². The Morgan fingerprint density at radius 2 is 1.60 bits per heavy atom. The highest BCUT2D eigenvalue weighted by Crippen LogP contribution is 2.32. The van der Waals surface area contributed by atoms with Crippen molar-refractivity contribution in [2.75, 3.05) is 18.0 Å². The van der Waals surface area contributed by atoms with Gasteiger partial charge in [-0.15, -0.1) is 0 Å². The quantitative estimate of drug-likeness (QED) is 0.917. The number of ether oxygens (including phenoxy) is 1. The molecule has 3 heteroatoms. The van der Waals surface area contributed by atoms with Gasteiger partial charge in [-0.1, -0.05) is 19.1 Å². The number of nitrogens with zero attached hydrogens (tertiary/aromatic N) is 1. The first-order valence-corrected chi connectivity index (χ1v) is 7.46. The molecule has 0 aliphatic carbocycles. The van der Waals surface area contributed by atoms with Crippen molar-refractivity contribution < 1.29 is 9.84 Å². The van der Waals surface area contributed by atoms with Crippen LogP contribution in [0.1, 0.15) is 52.7 Å². The Hall–Kier alpha value is -1.06. The zero-order chi connectivity index (χ0) is 15.0. The molecule has 0 spiro atoms. The van der Waals surface area contributed by atoms with E-state index in [0.717, 1.165) is 25.1 Å². The number of aliphatic hydroxyl groups excluding tert-OH is 1. The van der Waals surface area contributed by atoms with E-state index in [0.29, 0.717) is 0 Å². The van der Waals surface area contributed by atoms with Crippen molar-refractivity contribution in [1.82, 2.24) is 0 Å². The number of hydrogen-bond acceptors (Lipinski definition) is 3. The smallest absolute Gasteiger partial charge is 0.0808 e. The summed E-state index contributed by atoms with van der Waals surface area (Å²) in [4.78, 5) is 2.37.